The fourth-order valence-corrected chi connectivity index (χ4v) is 2.95. The fraction of sp³-hybridized carbons (Fsp3) is 0.909. The molecule has 0 spiro atoms. The molecule has 1 fully saturated rings. The molecule has 1 aliphatic rings. The van der Waals surface area contributed by atoms with Crippen LogP contribution in [0, 0.1) is 0 Å². The second kappa shape index (κ2) is 7.66. The Morgan fingerprint density at radius 3 is 2.58 bits per heavy atom. The maximum Gasteiger partial charge on any atom is 0.315 e. The number of hydrogen-bond donors (Lipinski definition) is 2. The highest BCUT2D eigenvalue weighted by atomic mass is 32.2. The minimum atomic E-state index is -3.30. The van der Waals surface area contributed by atoms with Crippen LogP contribution >= 0.6 is 0 Å². The molecule has 0 aromatic heterocycles. The number of rotatable bonds is 6. The molecule has 1 rings (SSSR count). The molecule has 1 atom stereocenters. The van der Waals surface area contributed by atoms with Gasteiger partial charge in [-0.2, -0.15) is 4.31 Å². The lowest BCUT2D eigenvalue weighted by molar-refractivity contribution is 0.0730. The van der Waals surface area contributed by atoms with Gasteiger partial charge in [0.1, 0.15) is 0 Å². The zero-order valence-corrected chi connectivity index (χ0v) is 12.3. The minimum absolute atomic E-state index is 0.0795. The first-order valence-electron chi connectivity index (χ1n) is 6.55. The molecular weight excluding hydrogens is 270 g/mol. The van der Waals surface area contributed by atoms with Gasteiger partial charge in [0.15, 0.2) is 0 Å². The SMILES string of the molecule is CCC(C)NC(=O)NCCS(=O)(=O)N1CCOCC1. The third-order valence-corrected chi connectivity index (χ3v) is 4.87. The quantitative estimate of drug-likeness (QED) is 0.706. The molecule has 1 aliphatic heterocycles. The zero-order valence-electron chi connectivity index (χ0n) is 11.5. The molecule has 1 heterocycles. The van der Waals surface area contributed by atoms with Gasteiger partial charge in [-0.25, -0.2) is 13.2 Å². The van der Waals surface area contributed by atoms with E-state index in [2.05, 4.69) is 10.6 Å². The van der Waals surface area contributed by atoms with Gasteiger partial charge in [-0.3, -0.25) is 0 Å². The molecular formula is C11H23N3O4S. The molecule has 8 heteroatoms. The van der Waals surface area contributed by atoms with Crippen molar-refractivity contribution in [2.75, 3.05) is 38.6 Å². The minimum Gasteiger partial charge on any atom is -0.379 e. The molecule has 0 aliphatic carbocycles. The zero-order chi connectivity index (χ0) is 14.3. The van der Waals surface area contributed by atoms with Crippen molar-refractivity contribution in [1.29, 1.82) is 0 Å². The molecule has 1 saturated heterocycles. The first-order valence-corrected chi connectivity index (χ1v) is 8.16. The molecule has 0 radical (unpaired) electrons. The van der Waals surface area contributed by atoms with Crippen LogP contribution in [-0.2, 0) is 14.8 Å². The summed E-state index contributed by atoms with van der Waals surface area (Å²) in [5, 5.41) is 5.27. The Bertz CT molecular complexity index is 379. The van der Waals surface area contributed by atoms with E-state index in [9.17, 15) is 13.2 Å². The van der Waals surface area contributed by atoms with Gasteiger partial charge in [0.2, 0.25) is 10.0 Å². The van der Waals surface area contributed by atoms with Crippen LogP contribution < -0.4 is 10.6 Å². The van der Waals surface area contributed by atoms with Gasteiger partial charge in [0.05, 0.1) is 19.0 Å². The smallest absolute Gasteiger partial charge is 0.315 e. The molecule has 0 aromatic carbocycles. The largest absolute Gasteiger partial charge is 0.379 e. The predicted octanol–water partition coefficient (Wildman–Crippen LogP) is -0.254. The van der Waals surface area contributed by atoms with Crippen molar-refractivity contribution in [1.82, 2.24) is 14.9 Å². The number of amides is 2. The maximum atomic E-state index is 11.9. The topological polar surface area (TPSA) is 87.7 Å². The van der Waals surface area contributed by atoms with E-state index in [4.69, 9.17) is 4.74 Å². The van der Waals surface area contributed by atoms with E-state index in [1.54, 1.807) is 0 Å². The fourth-order valence-electron chi connectivity index (χ4n) is 1.62. The van der Waals surface area contributed by atoms with E-state index < -0.39 is 10.0 Å². The Morgan fingerprint density at radius 2 is 2.00 bits per heavy atom. The Labute approximate surface area is 114 Å². The highest BCUT2D eigenvalue weighted by Gasteiger charge is 2.23. The number of carbonyl (C=O) groups excluding carboxylic acids is 1. The van der Waals surface area contributed by atoms with Crippen molar-refractivity contribution in [3.8, 4) is 0 Å². The molecule has 1 unspecified atom stereocenters. The lowest BCUT2D eigenvalue weighted by Crippen LogP contribution is -2.46. The van der Waals surface area contributed by atoms with Crippen LogP contribution in [0.15, 0.2) is 0 Å². The Hall–Kier alpha value is -0.860. The summed E-state index contributed by atoms with van der Waals surface area (Å²) in [7, 11) is -3.30. The number of urea groups is 1. The number of morpholine rings is 1. The summed E-state index contributed by atoms with van der Waals surface area (Å²) < 4.78 is 30.4. The summed E-state index contributed by atoms with van der Waals surface area (Å²) in [5.41, 5.74) is 0. The van der Waals surface area contributed by atoms with E-state index in [0.717, 1.165) is 6.42 Å². The van der Waals surface area contributed by atoms with E-state index in [1.807, 2.05) is 13.8 Å². The molecule has 0 bridgehead atoms. The van der Waals surface area contributed by atoms with Crippen LogP contribution in [0.4, 0.5) is 4.79 Å². The van der Waals surface area contributed by atoms with Crippen LogP contribution in [0.1, 0.15) is 20.3 Å². The first-order chi connectivity index (χ1) is 8.95. The molecule has 0 aromatic rings. The van der Waals surface area contributed by atoms with Gasteiger partial charge in [0, 0.05) is 25.7 Å². The number of ether oxygens (including phenoxy) is 1. The summed E-state index contributed by atoms with van der Waals surface area (Å²) in [6, 6.07) is -0.248. The molecule has 19 heavy (non-hydrogen) atoms. The second-order valence-corrected chi connectivity index (χ2v) is 6.63. The average Bonchev–Trinajstić information content (AvgIpc) is 2.39. The number of nitrogens with one attached hydrogen (secondary N) is 2. The van der Waals surface area contributed by atoms with Crippen LogP contribution in [0.5, 0.6) is 0 Å². The summed E-state index contributed by atoms with van der Waals surface area (Å²) in [6.45, 7) is 5.62. The van der Waals surface area contributed by atoms with Crippen molar-refractivity contribution in [3.05, 3.63) is 0 Å². The van der Waals surface area contributed by atoms with Crippen molar-refractivity contribution >= 4 is 16.1 Å². The highest BCUT2D eigenvalue weighted by molar-refractivity contribution is 7.89. The molecule has 7 nitrogen and oxygen atoms in total. The average molecular weight is 293 g/mol. The second-order valence-electron chi connectivity index (χ2n) is 4.54. The predicted molar refractivity (Wildman–Crippen MR) is 72.5 cm³/mol. The number of hydrogen-bond acceptors (Lipinski definition) is 4. The van der Waals surface area contributed by atoms with Gasteiger partial charge in [0.25, 0.3) is 0 Å². The van der Waals surface area contributed by atoms with E-state index in [0.29, 0.717) is 26.3 Å². The van der Waals surface area contributed by atoms with Gasteiger partial charge >= 0.3 is 6.03 Å². The van der Waals surface area contributed by atoms with E-state index >= 15 is 0 Å². The van der Waals surface area contributed by atoms with Crippen molar-refractivity contribution in [2.24, 2.45) is 0 Å². The van der Waals surface area contributed by atoms with Crippen molar-refractivity contribution in [2.45, 2.75) is 26.3 Å². The van der Waals surface area contributed by atoms with Crippen LogP contribution in [0.2, 0.25) is 0 Å². The Kier molecular flexibility index (Phi) is 6.53. The van der Waals surface area contributed by atoms with Crippen LogP contribution in [-0.4, -0.2) is 63.4 Å². The lowest BCUT2D eigenvalue weighted by atomic mass is 10.3. The summed E-state index contributed by atoms with van der Waals surface area (Å²) >= 11 is 0. The van der Waals surface area contributed by atoms with E-state index in [-0.39, 0.29) is 24.4 Å². The molecule has 112 valence electrons. The number of nitrogens with zero attached hydrogens (tertiary/aromatic N) is 1. The monoisotopic (exact) mass is 293 g/mol. The molecule has 0 saturated carbocycles. The first kappa shape index (κ1) is 16.2. The Morgan fingerprint density at radius 1 is 1.37 bits per heavy atom. The standard InChI is InChI=1S/C11H23N3O4S/c1-3-10(2)13-11(15)12-4-9-19(16,17)14-5-7-18-8-6-14/h10H,3-9H2,1-2H3,(H2,12,13,15). The third kappa shape index (κ3) is 5.75. The van der Waals surface area contributed by atoms with Gasteiger partial charge in [-0.05, 0) is 13.3 Å². The van der Waals surface area contributed by atoms with Crippen LogP contribution in [0.3, 0.4) is 0 Å². The highest BCUT2D eigenvalue weighted by Crippen LogP contribution is 2.04. The van der Waals surface area contributed by atoms with E-state index in [1.165, 1.54) is 4.31 Å². The van der Waals surface area contributed by atoms with Gasteiger partial charge in [-0.15, -0.1) is 0 Å². The van der Waals surface area contributed by atoms with Crippen LogP contribution in [0.25, 0.3) is 0 Å². The lowest BCUT2D eigenvalue weighted by Gasteiger charge is -2.26. The molecule has 2 amide bonds. The summed E-state index contributed by atoms with van der Waals surface area (Å²) in [4.78, 5) is 11.4. The van der Waals surface area contributed by atoms with Gasteiger partial charge in [-0.1, -0.05) is 6.92 Å². The van der Waals surface area contributed by atoms with Crippen molar-refractivity contribution < 1.29 is 17.9 Å². The summed E-state index contributed by atoms with van der Waals surface area (Å²) in [6.07, 6.45) is 0.833. The van der Waals surface area contributed by atoms with Gasteiger partial charge < -0.3 is 15.4 Å². The number of carbonyl (C=O) groups is 1. The number of sulfonamides is 1. The summed E-state index contributed by atoms with van der Waals surface area (Å²) in [5.74, 6) is -0.0824. The Balaban J connectivity index is 2.29. The molecule has 2 N–H and O–H groups in total. The maximum absolute atomic E-state index is 11.9. The normalized spacial score (nSPS) is 18.8. The third-order valence-electron chi connectivity index (χ3n) is 3.00. The van der Waals surface area contributed by atoms with Crippen molar-refractivity contribution in [3.63, 3.8) is 0 Å².